The molecular weight excluding hydrogens is 733 g/mol. The zero-order chi connectivity index (χ0) is 41.2. The lowest BCUT2D eigenvalue weighted by atomic mass is 9.79. The number of esters is 1. The molecule has 10 atom stereocenters. The van der Waals surface area contributed by atoms with Gasteiger partial charge in [0, 0.05) is 38.8 Å². The van der Waals surface area contributed by atoms with Gasteiger partial charge in [-0.25, -0.2) is 10.6 Å². The number of rotatable bonds is 26. The van der Waals surface area contributed by atoms with Crippen LogP contribution in [0.25, 0.3) is 0 Å². The van der Waals surface area contributed by atoms with Crippen LogP contribution in [0.4, 0.5) is 0 Å². The molecule has 12 heteroatoms. The Morgan fingerprint density at radius 3 is 2.24 bits per heavy atom. The van der Waals surface area contributed by atoms with E-state index < -0.39 is 11.8 Å². The highest BCUT2D eigenvalue weighted by Crippen LogP contribution is 2.42. The first-order chi connectivity index (χ1) is 28.2. The summed E-state index contributed by atoms with van der Waals surface area (Å²) in [7, 11) is 0. The van der Waals surface area contributed by atoms with Gasteiger partial charge in [-0.1, -0.05) is 96.1 Å². The average molecular weight is 818 g/mol. The van der Waals surface area contributed by atoms with Crippen molar-refractivity contribution in [2.75, 3.05) is 32.8 Å². The first-order valence-corrected chi connectivity index (χ1v) is 24.2. The van der Waals surface area contributed by atoms with E-state index in [-0.39, 0.29) is 48.1 Å². The molecule has 4 fully saturated rings. The third-order valence-corrected chi connectivity index (χ3v) is 14.0. The number of aliphatic hydroxyl groups excluding tert-OH is 1. The molecule has 0 saturated carbocycles. The number of hydrogen-bond donors (Lipinski definition) is 6. The van der Waals surface area contributed by atoms with E-state index in [9.17, 15) is 14.7 Å². The normalized spacial score (nSPS) is 32.3. The molecule has 334 valence electrons. The van der Waals surface area contributed by atoms with Crippen molar-refractivity contribution in [1.82, 2.24) is 15.5 Å². The Balaban J connectivity index is 0.915. The van der Waals surface area contributed by atoms with Gasteiger partial charge in [0.05, 0.1) is 31.0 Å². The average Bonchev–Trinajstić information content (AvgIpc) is 3.51. The van der Waals surface area contributed by atoms with Gasteiger partial charge in [-0.2, -0.15) is 0 Å². The quantitative estimate of drug-likeness (QED) is 0.0383. The van der Waals surface area contributed by atoms with Crippen molar-refractivity contribution < 1.29 is 33.8 Å². The minimum Gasteiger partial charge on any atom is -0.465 e. The molecule has 12 nitrogen and oxygen atoms in total. The molecule has 0 bridgehead atoms. The zero-order valence-corrected chi connectivity index (χ0v) is 36.7. The molecule has 4 saturated heterocycles. The van der Waals surface area contributed by atoms with Gasteiger partial charge in [-0.15, -0.1) is 0 Å². The predicted molar refractivity (Wildman–Crippen MR) is 229 cm³/mol. The van der Waals surface area contributed by atoms with Crippen molar-refractivity contribution in [1.29, 1.82) is 0 Å². The molecule has 5 aliphatic rings. The number of allylic oxidation sites excluding steroid dienone is 1. The van der Waals surface area contributed by atoms with E-state index in [0.29, 0.717) is 51.7 Å². The second-order valence-corrected chi connectivity index (χ2v) is 18.6. The van der Waals surface area contributed by atoms with Crippen molar-refractivity contribution in [3.8, 4) is 0 Å². The summed E-state index contributed by atoms with van der Waals surface area (Å²) in [6.07, 6.45) is 31.6. The van der Waals surface area contributed by atoms with Crippen LogP contribution in [0.5, 0.6) is 0 Å². The van der Waals surface area contributed by atoms with E-state index in [1.54, 1.807) is 4.90 Å². The molecule has 3 unspecified atom stereocenters. The molecule has 5 rings (SSSR count). The van der Waals surface area contributed by atoms with Crippen molar-refractivity contribution in [3.05, 3.63) is 12.2 Å². The van der Waals surface area contributed by atoms with Crippen LogP contribution in [0.15, 0.2) is 12.2 Å². The second kappa shape index (κ2) is 24.7. The lowest BCUT2D eigenvalue weighted by Gasteiger charge is -2.58. The van der Waals surface area contributed by atoms with E-state index in [1.807, 2.05) is 0 Å². The lowest BCUT2D eigenvalue weighted by Crippen LogP contribution is -3.29. The third kappa shape index (κ3) is 13.7. The number of carbonyl (C=O) groups excluding carboxylic acids is 2. The fraction of sp³-hybridized carbons (Fsp3) is 0.913. The lowest BCUT2D eigenvalue weighted by molar-refractivity contribution is -0.985. The molecular formula is C46H85N6O6+. The molecule has 0 aromatic rings. The molecule has 0 aliphatic carbocycles. The minimum absolute atomic E-state index is 0.00464. The van der Waals surface area contributed by atoms with Crippen molar-refractivity contribution in [2.45, 2.75) is 229 Å². The van der Waals surface area contributed by atoms with Gasteiger partial charge < -0.3 is 40.6 Å². The largest absolute Gasteiger partial charge is 0.465 e. The highest BCUT2D eigenvalue weighted by molar-refractivity contribution is 5.76. The standard InChI is InChI=1S/C46H84N6O6/c1-3-39-23-17-18-28-45(58-39)34-37-25-26-40-42(46(29-20-22-36(2)57-46)50-44(49-45)52(37)40)43(55)56-33-19-15-13-11-9-7-5-4-6-8-10-12-14-16-24-41(54)51(32-21-30-47)35-38(53)27-31-48/h17,23,36-40,42,44,49-50,53H,3-16,18-22,24-35,47-48H2,1-2H3/p+1/t36-,37+,38?,39+,40-,42-,44?,45+,46-/m1/s1. The van der Waals surface area contributed by atoms with Gasteiger partial charge in [0.15, 0.2) is 5.92 Å². The monoisotopic (exact) mass is 818 g/mol. The summed E-state index contributed by atoms with van der Waals surface area (Å²) in [5.41, 5.74) is 10.2. The second-order valence-electron chi connectivity index (χ2n) is 18.6. The van der Waals surface area contributed by atoms with E-state index >= 15 is 0 Å². The van der Waals surface area contributed by atoms with Crippen LogP contribution < -0.4 is 27.0 Å². The molecule has 58 heavy (non-hydrogen) atoms. The summed E-state index contributed by atoms with van der Waals surface area (Å²) in [6.45, 7) is 6.79. The molecule has 8 N–H and O–H groups in total. The van der Waals surface area contributed by atoms with Crippen LogP contribution in [0.1, 0.15) is 181 Å². The number of ether oxygens (including phenoxy) is 3. The van der Waals surface area contributed by atoms with Crippen LogP contribution >= 0.6 is 0 Å². The highest BCUT2D eigenvalue weighted by atomic mass is 16.6. The summed E-state index contributed by atoms with van der Waals surface area (Å²) in [5, 5.41) is 18.0. The maximum absolute atomic E-state index is 14.1. The smallest absolute Gasteiger partial charge is 0.319 e. The Bertz CT molecular complexity index is 1240. The number of nitrogens with zero attached hydrogens (tertiary/aromatic N) is 1. The molecule has 5 heterocycles. The van der Waals surface area contributed by atoms with Gasteiger partial charge in [0.1, 0.15) is 17.5 Å². The fourth-order valence-corrected chi connectivity index (χ4v) is 10.9. The number of amides is 1. The van der Waals surface area contributed by atoms with Crippen LogP contribution in [0.2, 0.25) is 0 Å². The first kappa shape index (κ1) is 47.4. The maximum Gasteiger partial charge on any atom is 0.319 e. The van der Waals surface area contributed by atoms with Gasteiger partial charge in [0.2, 0.25) is 12.2 Å². The Morgan fingerprint density at radius 1 is 0.897 bits per heavy atom. The molecule has 1 amide bonds. The van der Waals surface area contributed by atoms with E-state index in [4.69, 9.17) is 25.7 Å². The van der Waals surface area contributed by atoms with E-state index in [1.165, 1.54) is 69.1 Å². The number of hydrogen-bond acceptors (Lipinski definition) is 10. The van der Waals surface area contributed by atoms with Gasteiger partial charge in [-0.3, -0.25) is 9.59 Å². The topological polar surface area (TPSA) is 166 Å². The number of carbonyl (C=O) groups is 2. The number of nitrogens with two attached hydrogens (primary N) is 2. The Kier molecular flexibility index (Phi) is 20.2. The molecule has 2 spiro atoms. The molecule has 0 radical (unpaired) electrons. The Hall–Kier alpha value is -1.64. The highest BCUT2D eigenvalue weighted by Gasteiger charge is 2.66. The summed E-state index contributed by atoms with van der Waals surface area (Å²) in [5.74, 6) is -0.234. The van der Waals surface area contributed by atoms with Crippen molar-refractivity contribution >= 4 is 11.9 Å². The van der Waals surface area contributed by atoms with E-state index in [2.05, 4.69) is 36.6 Å². The Labute approximate surface area is 351 Å². The fourth-order valence-electron chi connectivity index (χ4n) is 10.9. The zero-order valence-electron chi connectivity index (χ0n) is 36.7. The third-order valence-electron chi connectivity index (χ3n) is 14.0. The number of nitrogens with one attached hydrogen (secondary N) is 3. The van der Waals surface area contributed by atoms with E-state index in [0.717, 1.165) is 89.9 Å². The number of quaternary nitrogens is 1. The molecule has 0 aromatic heterocycles. The first-order valence-electron chi connectivity index (χ1n) is 24.2. The summed E-state index contributed by atoms with van der Waals surface area (Å²) in [4.78, 5) is 30.0. The van der Waals surface area contributed by atoms with Gasteiger partial charge in [-0.05, 0) is 84.2 Å². The Morgan fingerprint density at radius 2 is 1.59 bits per heavy atom. The van der Waals surface area contributed by atoms with Crippen LogP contribution in [0, 0.1) is 5.92 Å². The predicted octanol–water partition coefficient (Wildman–Crippen LogP) is 5.31. The maximum atomic E-state index is 14.1. The number of unbranched alkanes of at least 4 members (excludes halogenated alkanes) is 13. The summed E-state index contributed by atoms with van der Waals surface area (Å²) in [6, 6.07) is 0.635. The van der Waals surface area contributed by atoms with Crippen molar-refractivity contribution in [2.24, 2.45) is 17.4 Å². The van der Waals surface area contributed by atoms with Gasteiger partial charge >= 0.3 is 5.97 Å². The van der Waals surface area contributed by atoms with Crippen LogP contribution in [-0.2, 0) is 23.8 Å². The summed E-state index contributed by atoms with van der Waals surface area (Å²) >= 11 is 0. The molecule has 5 aliphatic heterocycles. The molecule has 0 aromatic carbocycles. The summed E-state index contributed by atoms with van der Waals surface area (Å²) < 4.78 is 19.8. The SMILES string of the molecule is CC[C@H]1C=CCC[C@@]2(C[C@@H]3CC[C@@H]4[C@H](C(=O)OCCCCCCCCCCCCCCCCC(=O)N(CCCN)CC(O)CCN)[C@]5(CCC[C@@H](C)O5)NC(N2)[NH+]34)O1. The van der Waals surface area contributed by atoms with Crippen molar-refractivity contribution in [3.63, 3.8) is 0 Å². The minimum atomic E-state index is -0.701. The number of aliphatic hydroxyl groups is 1. The van der Waals surface area contributed by atoms with Gasteiger partial charge in [0.25, 0.3) is 0 Å². The van der Waals surface area contributed by atoms with Crippen LogP contribution in [-0.4, -0.2) is 103 Å². The van der Waals surface area contributed by atoms with Crippen LogP contribution in [0.3, 0.4) is 0 Å².